The number of thiophene rings is 1. The molecule has 2 heterocycles. The molecule has 1 aromatic rings. The van der Waals surface area contributed by atoms with Crippen molar-refractivity contribution in [2.75, 3.05) is 19.6 Å². The predicted octanol–water partition coefficient (Wildman–Crippen LogP) is 3.24. The lowest BCUT2D eigenvalue weighted by atomic mass is 9.99. The van der Waals surface area contributed by atoms with E-state index in [-0.39, 0.29) is 0 Å². The summed E-state index contributed by atoms with van der Waals surface area (Å²) in [7, 11) is 0. The number of nitrogens with zero attached hydrogens (tertiary/aromatic N) is 1. The summed E-state index contributed by atoms with van der Waals surface area (Å²) in [6.07, 6.45) is 2.46. The molecule has 2 atom stereocenters. The van der Waals surface area contributed by atoms with Gasteiger partial charge in [-0.3, -0.25) is 4.90 Å². The Kier molecular flexibility index (Phi) is 4.41. The third kappa shape index (κ3) is 2.35. The van der Waals surface area contributed by atoms with Crippen molar-refractivity contribution in [3.63, 3.8) is 0 Å². The quantitative estimate of drug-likeness (QED) is 0.925. The topological polar surface area (TPSA) is 29.3 Å². The summed E-state index contributed by atoms with van der Waals surface area (Å²) in [5, 5.41) is 2.16. The van der Waals surface area contributed by atoms with E-state index in [1.807, 2.05) is 11.3 Å². The third-order valence-electron chi connectivity index (χ3n) is 3.35. The van der Waals surface area contributed by atoms with Gasteiger partial charge in [-0.2, -0.15) is 0 Å². The second kappa shape index (κ2) is 5.63. The van der Waals surface area contributed by atoms with Crippen LogP contribution in [0.5, 0.6) is 0 Å². The summed E-state index contributed by atoms with van der Waals surface area (Å²) in [6.45, 7) is 5.43. The Morgan fingerprint density at radius 1 is 1.62 bits per heavy atom. The van der Waals surface area contributed by atoms with Crippen LogP contribution < -0.4 is 5.73 Å². The van der Waals surface area contributed by atoms with Crippen LogP contribution in [-0.4, -0.2) is 24.5 Å². The standard InChI is InChI=1S/C12H19BrN2S/c1-2-5-15-6-3-9(8-14)11(15)12-10(13)4-7-16-12/h4,7,9,11H,2-3,5-6,8,14H2,1H3. The summed E-state index contributed by atoms with van der Waals surface area (Å²) in [6, 6.07) is 2.69. The van der Waals surface area contributed by atoms with Gasteiger partial charge in [0, 0.05) is 15.4 Å². The van der Waals surface area contributed by atoms with Gasteiger partial charge >= 0.3 is 0 Å². The molecule has 2 unspecified atom stereocenters. The first-order chi connectivity index (χ1) is 7.77. The van der Waals surface area contributed by atoms with E-state index >= 15 is 0 Å². The van der Waals surface area contributed by atoms with Crippen molar-refractivity contribution >= 4 is 27.3 Å². The highest BCUT2D eigenvalue weighted by molar-refractivity contribution is 9.10. The first-order valence-electron chi connectivity index (χ1n) is 5.95. The third-order valence-corrected chi connectivity index (χ3v) is 5.30. The van der Waals surface area contributed by atoms with Gasteiger partial charge in [0.1, 0.15) is 0 Å². The smallest absolute Gasteiger partial charge is 0.0493 e. The SMILES string of the molecule is CCCN1CCC(CN)C1c1sccc1Br. The van der Waals surface area contributed by atoms with Crippen molar-refractivity contribution in [3.8, 4) is 0 Å². The second-order valence-corrected chi connectivity index (χ2v) is 6.20. The maximum Gasteiger partial charge on any atom is 0.0493 e. The molecular formula is C12H19BrN2S. The Morgan fingerprint density at radius 2 is 2.44 bits per heavy atom. The van der Waals surface area contributed by atoms with Gasteiger partial charge in [-0.1, -0.05) is 6.92 Å². The molecule has 2 rings (SSSR count). The van der Waals surface area contributed by atoms with Crippen LogP contribution in [-0.2, 0) is 0 Å². The van der Waals surface area contributed by atoms with Crippen molar-refractivity contribution in [3.05, 3.63) is 20.8 Å². The van der Waals surface area contributed by atoms with Crippen LogP contribution in [0.25, 0.3) is 0 Å². The maximum atomic E-state index is 5.90. The van der Waals surface area contributed by atoms with E-state index in [4.69, 9.17) is 5.73 Å². The van der Waals surface area contributed by atoms with Crippen LogP contribution in [0.15, 0.2) is 15.9 Å². The second-order valence-electron chi connectivity index (χ2n) is 4.40. The molecule has 1 aliphatic heterocycles. The van der Waals surface area contributed by atoms with E-state index in [1.54, 1.807) is 0 Å². The summed E-state index contributed by atoms with van der Waals surface area (Å²) in [5.41, 5.74) is 5.90. The van der Waals surface area contributed by atoms with Gasteiger partial charge in [-0.15, -0.1) is 11.3 Å². The van der Waals surface area contributed by atoms with Crippen LogP contribution in [0.3, 0.4) is 0 Å². The molecule has 0 amide bonds. The summed E-state index contributed by atoms with van der Waals surface area (Å²) in [5.74, 6) is 0.626. The Morgan fingerprint density at radius 3 is 3.00 bits per heavy atom. The minimum Gasteiger partial charge on any atom is -0.330 e. The van der Waals surface area contributed by atoms with E-state index in [0.29, 0.717) is 12.0 Å². The molecule has 0 spiro atoms. The molecule has 90 valence electrons. The highest BCUT2D eigenvalue weighted by Gasteiger charge is 2.35. The van der Waals surface area contributed by atoms with Gasteiger partial charge in [-0.05, 0) is 65.8 Å². The number of hydrogen-bond donors (Lipinski definition) is 1. The maximum absolute atomic E-state index is 5.90. The van der Waals surface area contributed by atoms with Gasteiger partial charge in [-0.25, -0.2) is 0 Å². The monoisotopic (exact) mass is 302 g/mol. The largest absolute Gasteiger partial charge is 0.330 e. The zero-order valence-corrected chi connectivity index (χ0v) is 12.1. The van der Waals surface area contributed by atoms with E-state index < -0.39 is 0 Å². The Hall–Kier alpha value is 0.100. The number of rotatable bonds is 4. The van der Waals surface area contributed by atoms with Crippen molar-refractivity contribution in [2.24, 2.45) is 11.7 Å². The molecule has 2 N–H and O–H groups in total. The normalized spacial score (nSPS) is 26.4. The summed E-state index contributed by atoms with van der Waals surface area (Å²) < 4.78 is 1.25. The van der Waals surface area contributed by atoms with E-state index in [9.17, 15) is 0 Å². The van der Waals surface area contributed by atoms with Crippen LogP contribution in [0.1, 0.15) is 30.7 Å². The molecule has 0 saturated carbocycles. The van der Waals surface area contributed by atoms with Crippen LogP contribution in [0.2, 0.25) is 0 Å². The fourth-order valence-corrected chi connectivity index (χ4v) is 4.44. The first-order valence-corrected chi connectivity index (χ1v) is 7.62. The van der Waals surface area contributed by atoms with Crippen molar-refractivity contribution < 1.29 is 0 Å². The van der Waals surface area contributed by atoms with Crippen LogP contribution >= 0.6 is 27.3 Å². The zero-order valence-electron chi connectivity index (χ0n) is 9.66. The number of halogens is 1. The molecule has 4 heteroatoms. The van der Waals surface area contributed by atoms with Gasteiger partial charge in [0.15, 0.2) is 0 Å². The van der Waals surface area contributed by atoms with Crippen molar-refractivity contribution in [1.29, 1.82) is 0 Å². The van der Waals surface area contributed by atoms with Crippen LogP contribution in [0, 0.1) is 5.92 Å². The fourth-order valence-electron chi connectivity index (χ4n) is 2.61. The van der Waals surface area contributed by atoms with Crippen molar-refractivity contribution in [1.82, 2.24) is 4.90 Å². The zero-order chi connectivity index (χ0) is 11.5. The lowest BCUT2D eigenvalue weighted by molar-refractivity contribution is 0.233. The first kappa shape index (κ1) is 12.6. The molecular weight excluding hydrogens is 284 g/mol. The Bertz CT molecular complexity index is 340. The minimum atomic E-state index is 0.541. The predicted molar refractivity (Wildman–Crippen MR) is 73.8 cm³/mol. The number of nitrogens with two attached hydrogens (primary N) is 1. The van der Waals surface area contributed by atoms with Crippen molar-refractivity contribution in [2.45, 2.75) is 25.8 Å². The molecule has 0 aliphatic carbocycles. The highest BCUT2D eigenvalue weighted by Crippen LogP contribution is 2.42. The molecule has 0 radical (unpaired) electrons. The Labute approximate surface area is 110 Å². The molecule has 0 bridgehead atoms. The summed E-state index contributed by atoms with van der Waals surface area (Å²) in [4.78, 5) is 4.05. The highest BCUT2D eigenvalue weighted by atomic mass is 79.9. The van der Waals surface area contributed by atoms with Gasteiger partial charge in [0.2, 0.25) is 0 Å². The molecule has 1 saturated heterocycles. The van der Waals surface area contributed by atoms with E-state index in [2.05, 4.69) is 39.2 Å². The fraction of sp³-hybridized carbons (Fsp3) is 0.667. The van der Waals surface area contributed by atoms with Gasteiger partial charge in [0.05, 0.1) is 0 Å². The lowest BCUT2D eigenvalue weighted by Gasteiger charge is -2.27. The van der Waals surface area contributed by atoms with Gasteiger partial charge < -0.3 is 5.73 Å². The molecule has 2 nitrogen and oxygen atoms in total. The number of hydrogen-bond acceptors (Lipinski definition) is 3. The van der Waals surface area contributed by atoms with E-state index in [1.165, 1.54) is 35.3 Å². The molecule has 0 aromatic carbocycles. The average molecular weight is 303 g/mol. The lowest BCUT2D eigenvalue weighted by Crippen LogP contribution is -2.28. The number of likely N-dealkylation sites (tertiary alicyclic amines) is 1. The molecule has 1 aliphatic rings. The molecule has 1 aromatic heterocycles. The minimum absolute atomic E-state index is 0.541. The Balaban J connectivity index is 2.22. The van der Waals surface area contributed by atoms with Gasteiger partial charge in [0.25, 0.3) is 0 Å². The van der Waals surface area contributed by atoms with Crippen LogP contribution in [0.4, 0.5) is 0 Å². The summed E-state index contributed by atoms with van der Waals surface area (Å²) >= 11 is 5.51. The van der Waals surface area contributed by atoms with E-state index in [0.717, 1.165) is 6.54 Å². The molecule has 1 fully saturated rings. The molecule has 16 heavy (non-hydrogen) atoms. The average Bonchev–Trinajstić information content (AvgIpc) is 2.85.